The van der Waals surface area contributed by atoms with Crippen molar-refractivity contribution in [1.29, 1.82) is 0 Å². The third-order valence-electron chi connectivity index (χ3n) is 4.92. The van der Waals surface area contributed by atoms with Gasteiger partial charge in [-0.15, -0.1) is 11.3 Å². The zero-order valence-corrected chi connectivity index (χ0v) is 15.9. The molecule has 1 aliphatic heterocycles. The molecular formula is C20H23N3O2S. The van der Waals surface area contributed by atoms with E-state index >= 15 is 0 Å². The maximum absolute atomic E-state index is 12.9. The second-order valence-electron chi connectivity index (χ2n) is 7.45. The van der Waals surface area contributed by atoms with Crippen LogP contribution >= 0.6 is 11.3 Å². The fourth-order valence-electron chi connectivity index (χ4n) is 3.52. The maximum atomic E-state index is 12.9. The minimum atomic E-state index is -0.263. The molecule has 0 unspecified atom stereocenters. The van der Waals surface area contributed by atoms with Gasteiger partial charge in [-0.3, -0.25) is 4.79 Å². The first kappa shape index (κ1) is 17.2. The van der Waals surface area contributed by atoms with Crippen LogP contribution in [0, 0.1) is 0 Å². The topological polar surface area (TPSA) is 70.1 Å². The second kappa shape index (κ2) is 6.52. The van der Waals surface area contributed by atoms with Crippen molar-refractivity contribution in [2.24, 2.45) is 0 Å². The third-order valence-corrected chi connectivity index (χ3v) is 6.02. The number of fused-ring (bicyclic) bond motifs is 3. The average Bonchev–Trinajstić information content (AvgIpc) is 2.96. The summed E-state index contributed by atoms with van der Waals surface area (Å²) in [7, 11) is 0. The Balaban J connectivity index is 1.63. The first-order valence-electron chi connectivity index (χ1n) is 8.94. The molecule has 26 heavy (non-hydrogen) atoms. The number of nitrogens with zero attached hydrogens (tertiary/aromatic N) is 2. The van der Waals surface area contributed by atoms with Crippen LogP contribution in [-0.2, 0) is 30.6 Å². The molecule has 3 aromatic rings. The Morgan fingerprint density at radius 2 is 2.04 bits per heavy atom. The van der Waals surface area contributed by atoms with Crippen molar-refractivity contribution < 1.29 is 4.74 Å². The summed E-state index contributed by atoms with van der Waals surface area (Å²) in [4.78, 5) is 19.5. The lowest BCUT2D eigenvalue weighted by molar-refractivity contribution is -0.0379. The number of nitrogen functional groups attached to an aromatic ring is 1. The SMILES string of the molecule is CC1(C)Cc2c(sc3nc(CCCc4ccccc4)n(N)c(=O)c23)CO1. The van der Waals surface area contributed by atoms with Crippen molar-refractivity contribution >= 4 is 21.6 Å². The highest BCUT2D eigenvalue weighted by Gasteiger charge is 2.31. The van der Waals surface area contributed by atoms with Crippen LogP contribution in [0.15, 0.2) is 35.1 Å². The van der Waals surface area contributed by atoms with E-state index in [0.29, 0.717) is 30.7 Å². The number of thiophene rings is 1. The van der Waals surface area contributed by atoms with E-state index in [0.717, 1.165) is 28.1 Å². The summed E-state index contributed by atoms with van der Waals surface area (Å²) >= 11 is 1.56. The molecular weight excluding hydrogens is 346 g/mol. The summed E-state index contributed by atoms with van der Waals surface area (Å²) in [6.45, 7) is 4.63. The summed E-state index contributed by atoms with van der Waals surface area (Å²) in [5.74, 6) is 6.75. The molecule has 2 aromatic heterocycles. The highest BCUT2D eigenvalue weighted by molar-refractivity contribution is 7.18. The summed E-state index contributed by atoms with van der Waals surface area (Å²) in [5.41, 5.74) is 1.94. The number of hydrogen-bond donors (Lipinski definition) is 1. The van der Waals surface area contributed by atoms with E-state index in [1.807, 2.05) is 32.0 Å². The van der Waals surface area contributed by atoms with Crippen LogP contribution in [0.25, 0.3) is 10.2 Å². The van der Waals surface area contributed by atoms with Crippen molar-refractivity contribution in [3.63, 3.8) is 0 Å². The Morgan fingerprint density at radius 1 is 1.27 bits per heavy atom. The number of rotatable bonds is 4. The van der Waals surface area contributed by atoms with Crippen molar-refractivity contribution in [2.45, 2.75) is 51.7 Å². The molecule has 3 heterocycles. The highest BCUT2D eigenvalue weighted by Crippen LogP contribution is 2.36. The number of aromatic nitrogens is 2. The van der Waals surface area contributed by atoms with Crippen LogP contribution in [0.4, 0.5) is 0 Å². The molecule has 0 radical (unpaired) electrons. The molecule has 0 aliphatic carbocycles. The Morgan fingerprint density at radius 3 is 2.81 bits per heavy atom. The molecule has 2 N–H and O–H groups in total. The van der Waals surface area contributed by atoms with Crippen molar-refractivity contribution in [2.75, 3.05) is 5.84 Å². The zero-order valence-electron chi connectivity index (χ0n) is 15.1. The largest absolute Gasteiger partial charge is 0.370 e. The highest BCUT2D eigenvalue weighted by atomic mass is 32.1. The van der Waals surface area contributed by atoms with Gasteiger partial charge in [0, 0.05) is 17.7 Å². The summed E-state index contributed by atoms with van der Waals surface area (Å²) in [6.07, 6.45) is 3.24. The fourth-order valence-corrected chi connectivity index (χ4v) is 4.63. The molecule has 1 aromatic carbocycles. The van der Waals surface area contributed by atoms with E-state index in [4.69, 9.17) is 15.6 Å². The van der Waals surface area contributed by atoms with Gasteiger partial charge in [0.05, 0.1) is 17.6 Å². The third kappa shape index (κ3) is 3.15. The first-order valence-corrected chi connectivity index (χ1v) is 9.75. The molecule has 0 atom stereocenters. The predicted molar refractivity (Wildman–Crippen MR) is 105 cm³/mol. The van der Waals surface area contributed by atoms with E-state index in [1.54, 1.807) is 11.3 Å². The predicted octanol–water partition coefficient (Wildman–Crippen LogP) is 3.20. The molecule has 0 spiro atoms. The summed E-state index contributed by atoms with van der Waals surface area (Å²) in [5, 5.41) is 0.677. The van der Waals surface area contributed by atoms with Crippen LogP contribution in [0.2, 0.25) is 0 Å². The Labute approximate surface area is 156 Å². The van der Waals surface area contributed by atoms with Gasteiger partial charge in [-0.2, -0.15) is 0 Å². The van der Waals surface area contributed by atoms with E-state index in [1.165, 1.54) is 10.2 Å². The molecule has 1 aliphatic rings. The van der Waals surface area contributed by atoms with Gasteiger partial charge in [0.2, 0.25) is 0 Å². The van der Waals surface area contributed by atoms with Gasteiger partial charge in [0.15, 0.2) is 0 Å². The van der Waals surface area contributed by atoms with Crippen LogP contribution < -0.4 is 11.4 Å². The lowest BCUT2D eigenvalue weighted by atomic mass is 9.94. The molecule has 136 valence electrons. The van der Waals surface area contributed by atoms with Crippen molar-refractivity contribution in [3.05, 3.63) is 62.5 Å². The minimum Gasteiger partial charge on any atom is -0.370 e. The lowest BCUT2D eigenvalue weighted by Crippen LogP contribution is -2.34. The van der Waals surface area contributed by atoms with Crippen LogP contribution in [0.3, 0.4) is 0 Å². The van der Waals surface area contributed by atoms with Crippen LogP contribution in [0.5, 0.6) is 0 Å². The van der Waals surface area contributed by atoms with E-state index in [2.05, 4.69) is 12.1 Å². The molecule has 0 fully saturated rings. The molecule has 0 amide bonds. The Hall–Kier alpha value is -2.18. The van der Waals surface area contributed by atoms with Gasteiger partial charge in [0.1, 0.15) is 10.7 Å². The lowest BCUT2D eigenvalue weighted by Gasteiger charge is -2.29. The number of benzene rings is 1. The fraction of sp³-hybridized carbons (Fsp3) is 0.400. The quantitative estimate of drug-likeness (QED) is 0.717. The second-order valence-corrected chi connectivity index (χ2v) is 8.54. The molecule has 0 saturated heterocycles. The maximum Gasteiger partial charge on any atom is 0.280 e. The van der Waals surface area contributed by atoms with E-state index in [9.17, 15) is 4.79 Å². The number of ether oxygens (including phenoxy) is 1. The van der Waals surface area contributed by atoms with Gasteiger partial charge in [0.25, 0.3) is 5.56 Å². The monoisotopic (exact) mass is 369 g/mol. The Bertz CT molecular complexity index is 1010. The molecule has 0 saturated carbocycles. The number of nitrogens with two attached hydrogens (primary N) is 1. The van der Waals surface area contributed by atoms with Gasteiger partial charge in [-0.05, 0) is 37.8 Å². The van der Waals surface area contributed by atoms with Crippen molar-refractivity contribution in [1.82, 2.24) is 9.66 Å². The van der Waals surface area contributed by atoms with Gasteiger partial charge >= 0.3 is 0 Å². The van der Waals surface area contributed by atoms with Gasteiger partial charge < -0.3 is 10.6 Å². The van der Waals surface area contributed by atoms with E-state index in [-0.39, 0.29) is 11.2 Å². The van der Waals surface area contributed by atoms with Crippen molar-refractivity contribution in [3.8, 4) is 0 Å². The molecule has 0 bridgehead atoms. The average molecular weight is 369 g/mol. The standard InChI is InChI=1S/C20H23N3O2S/c1-20(2)11-14-15(12-25-20)26-18-17(14)19(24)23(21)16(22-18)10-6-9-13-7-4-3-5-8-13/h3-5,7-8H,6,9-12,21H2,1-2H3. The minimum absolute atomic E-state index is 0.139. The summed E-state index contributed by atoms with van der Waals surface area (Å²) in [6, 6.07) is 10.3. The summed E-state index contributed by atoms with van der Waals surface area (Å²) < 4.78 is 7.12. The molecule has 6 heteroatoms. The van der Waals surface area contributed by atoms with E-state index < -0.39 is 0 Å². The van der Waals surface area contributed by atoms with Gasteiger partial charge in [-0.25, -0.2) is 9.66 Å². The first-order chi connectivity index (χ1) is 12.4. The Kier molecular flexibility index (Phi) is 4.32. The van der Waals surface area contributed by atoms with Crippen LogP contribution in [0.1, 0.15) is 42.1 Å². The molecule has 5 nitrogen and oxygen atoms in total. The zero-order chi connectivity index (χ0) is 18.3. The van der Waals surface area contributed by atoms with Gasteiger partial charge in [-0.1, -0.05) is 30.3 Å². The smallest absolute Gasteiger partial charge is 0.280 e. The number of aryl methyl sites for hydroxylation is 2. The van der Waals surface area contributed by atoms with Crippen LogP contribution in [-0.4, -0.2) is 15.3 Å². The normalized spacial score (nSPS) is 15.9. The molecule has 4 rings (SSSR count). The number of hydrogen-bond acceptors (Lipinski definition) is 5.